The minimum atomic E-state index is -0.836. The van der Waals surface area contributed by atoms with E-state index in [0.717, 1.165) is 19.6 Å². The second kappa shape index (κ2) is 3.66. The van der Waals surface area contributed by atoms with E-state index in [2.05, 4.69) is 34.7 Å². The lowest BCUT2D eigenvalue weighted by atomic mass is 9.99. The summed E-state index contributed by atoms with van der Waals surface area (Å²) in [6, 6.07) is 0.0544. The van der Waals surface area contributed by atoms with Crippen LogP contribution in [0.15, 0.2) is 0 Å². The standard InChI is InChI=1S/C10H21N5O/c1-9(2)14-10(12-3,8(11)16)7-6-13-4-5-15(7)9/h7,12-14H,4-6H2,1-3H3,(H2,11,16). The SMILES string of the molecule is CNC1(C(N)=O)NC(C)(C)N2CCNCC21. The van der Waals surface area contributed by atoms with E-state index in [1.165, 1.54) is 0 Å². The van der Waals surface area contributed by atoms with Crippen molar-refractivity contribution in [1.82, 2.24) is 20.9 Å². The van der Waals surface area contributed by atoms with Gasteiger partial charge in [0.15, 0.2) is 5.66 Å². The lowest BCUT2D eigenvalue weighted by molar-refractivity contribution is -0.126. The molecule has 2 fully saturated rings. The number of hydrogen-bond donors (Lipinski definition) is 4. The zero-order chi connectivity index (χ0) is 12.0. The highest BCUT2D eigenvalue weighted by atomic mass is 16.2. The van der Waals surface area contributed by atoms with Crippen LogP contribution in [0.4, 0.5) is 0 Å². The lowest BCUT2D eigenvalue weighted by Crippen LogP contribution is -2.70. The highest BCUT2D eigenvalue weighted by Crippen LogP contribution is 2.31. The minimum Gasteiger partial charge on any atom is -0.367 e. The molecule has 0 aliphatic carbocycles. The molecule has 1 amide bonds. The van der Waals surface area contributed by atoms with E-state index in [1.807, 2.05) is 0 Å². The minimum absolute atomic E-state index is 0.0544. The van der Waals surface area contributed by atoms with Gasteiger partial charge in [-0.2, -0.15) is 0 Å². The van der Waals surface area contributed by atoms with Crippen LogP contribution in [0.2, 0.25) is 0 Å². The summed E-state index contributed by atoms with van der Waals surface area (Å²) in [4.78, 5) is 14.0. The Bertz CT molecular complexity index is 306. The van der Waals surface area contributed by atoms with E-state index in [1.54, 1.807) is 7.05 Å². The summed E-state index contributed by atoms with van der Waals surface area (Å²) in [6.07, 6.45) is 0. The molecule has 2 atom stereocenters. The van der Waals surface area contributed by atoms with E-state index < -0.39 is 5.66 Å². The van der Waals surface area contributed by atoms with Gasteiger partial charge in [-0.05, 0) is 20.9 Å². The van der Waals surface area contributed by atoms with Gasteiger partial charge in [0, 0.05) is 19.6 Å². The number of amides is 1. The molecule has 92 valence electrons. The first-order chi connectivity index (χ1) is 7.44. The topological polar surface area (TPSA) is 82.4 Å². The van der Waals surface area contributed by atoms with Crippen LogP contribution < -0.4 is 21.7 Å². The molecular weight excluding hydrogens is 206 g/mol. The molecule has 0 saturated carbocycles. The zero-order valence-corrected chi connectivity index (χ0v) is 10.1. The first-order valence-corrected chi connectivity index (χ1v) is 5.69. The molecule has 0 aromatic carbocycles. The van der Waals surface area contributed by atoms with Gasteiger partial charge in [0.1, 0.15) is 0 Å². The molecule has 0 bridgehead atoms. The van der Waals surface area contributed by atoms with Gasteiger partial charge in [-0.25, -0.2) is 0 Å². The Hall–Kier alpha value is -0.690. The smallest absolute Gasteiger partial charge is 0.254 e. The van der Waals surface area contributed by atoms with Crippen LogP contribution >= 0.6 is 0 Å². The van der Waals surface area contributed by atoms with Crippen molar-refractivity contribution in [3.05, 3.63) is 0 Å². The molecule has 2 aliphatic rings. The first kappa shape index (κ1) is 11.8. The summed E-state index contributed by atoms with van der Waals surface area (Å²) in [5.74, 6) is -0.348. The van der Waals surface area contributed by atoms with Crippen molar-refractivity contribution in [2.75, 3.05) is 26.7 Å². The number of nitrogens with zero attached hydrogens (tertiary/aromatic N) is 1. The fraction of sp³-hybridized carbons (Fsp3) is 0.900. The van der Waals surface area contributed by atoms with Gasteiger partial charge >= 0.3 is 0 Å². The number of fused-ring (bicyclic) bond motifs is 1. The van der Waals surface area contributed by atoms with Crippen LogP contribution in [0.5, 0.6) is 0 Å². The van der Waals surface area contributed by atoms with Crippen LogP contribution in [0.1, 0.15) is 13.8 Å². The number of carbonyl (C=O) groups is 1. The Balaban J connectivity index is 2.38. The molecule has 0 aromatic rings. The fourth-order valence-electron chi connectivity index (χ4n) is 2.98. The molecule has 2 rings (SSSR count). The lowest BCUT2D eigenvalue weighted by Gasteiger charge is -2.39. The Morgan fingerprint density at radius 3 is 2.81 bits per heavy atom. The summed E-state index contributed by atoms with van der Waals surface area (Å²) in [7, 11) is 1.77. The van der Waals surface area contributed by atoms with E-state index in [-0.39, 0.29) is 17.6 Å². The van der Waals surface area contributed by atoms with Gasteiger partial charge in [-0.3, -0.25) is 20.3 Å². The molecule has 6 heteroatoms. The van der Waals surface area contributed by atoms with Crippen molar-refractivity contribution in [2.24, 2.45) is 5.73 Å². The molecular formula is C10H21N5O. The molecule has 2 aliphatic heterocycles. The average Bonchev–Trinajstić information content (AvgIpc) is 2.49. The number of rotatable bonds is 2. The van der Waals surface area contributed by atoms with Crippen LogP contribution in [0, 0.1) is 0 Å². The molecule has 2 unspecified atom stereocenters. The van der Waals surface area contributed by atoms with Gasteiger partial charge in [-0.15, -0.1) is 0 Å². The van der Waals surface area contributed by atoms with Gasteiger partial charge < -0.3 is 11.1 Å². The second-order valence-electron chi connectivity index (χ2n) is 5.02. The maximum absolute atomic E-state index is 11.7. The maximum Gasteiger partial charge on any atom is 0.254 e. The molecule has 6 nitrogen and oxygen atoms in total. The highest BCUT2D eigenvalue weighted by molar-refractivity contribution is 5.86. The third kappa shape index (κ3) is 1.45. The third-order valence-corrected chi connectivity index (χ3v) is 3.75. The van der Waals surface area contributed by atoms with Crippen LogP contribution in [0.3, 0.4) is 0 Å². The third-order valence-electron chi connectivity index (χ3n) is 3.75. The number of carbonyl (C=O) groups excluding carboxylic acids is 1. The second-order valence-corrected chi connectivity index (χ2v) is 5.02. The average molecular weight is 227 g/mol. The first-order valence-electron chi connectivity index (χ1n) is 5.69. The van der Waals surface area contributed by atoms with Gasteiger partial charge in [0.25, 0.3) is 5.91 Å². The van der Waals surface area contributed by atoms with Crippen molar-refractivity contribution in [3.63, 3.8) is 0 Å². The number of nitrogens with one attached hydrogen (secondary N) is 3. The summed E-state index contributed by atoms with van der Waals surface area (Å²) in [5.41, 5.74) is 4.50. The Morgan fingerprint density at radius 2 is 2.25 bits per heavy atom. The van der Waals surface area contributed by atoms with Crippen molar-refractivity contribution in [1.29, 1.82) is 0 Å². The van der Waals surface area contributed by atoms with Crippen LogP contribution in [-0.4, -0.2) is 54.9 Å². The number of hydrogen-bond acceptors (Lipinski definition) is 5. The fourth-order valence-corrected chi connectivity index (χ4v) is 2.98. The molecule has 2 saturated heterocycles. The van der Waals surface area contributed by atoms with Gasteiger partial charge in [-0.1, -0.05) is 0 Å². The largest absolute Gasteiger partial charge is 0.367 e. The predicted octanol–water partition coefficient (Wildman–Crippen LogP) is -2.00. The van der Waals surface area contributed by atoms with Gasteiger partial charge in [0.05, 0.1) is 11.7 Å². The highest BCUT2D eigenvalue weighted by Gasteiger charge is 2.58. The van der Waals surface area contributed by atoms with E-state index >= 15 is 0 Å². The van der Waals surface area contributed by atoms with E-state index in [4.69, 9.17) is 5.73 Å². The summed E-state index contributed by atoms with van der Waals surface area (Å²) >= 11 is 0. The monoisotopic (exact) mass is 227 g/mol. The summed E-state index contributed by atoms with van der Waals surface area (Å²) in [5, 5.41) is 9.71. The van der Waals surface area contributed by atoms with Crippen molar-refractivity contribution >= 4 is 5.91 Å². The predicted molar refractivity (Wildman–Crippen MR) is 61.6 cm³/mol. The van der Waals surface area contributed by atoms with Crippen molar-refractivity contribution in [2.45, 2.75) is 31.2 Å². The molecule has 16 heavy (non-hydrogen) atoms. The van der Waals surface area contributed by atoms with Crippen LogP contribution in [0.25, 0.3) is 0 Å². The Labute approximate surface area is 95.9 Å². The normalized spacial score (nSPS) is 38.3. The number of piperazine rings is 1. The molecule has 0 radical (unpaired) electrons. The molecule has 0 spiro atoms. The number of primary amides is 1. The van der Waals surface area contributed by atoms with Gasteiger partial charge in [0.2, 0.25) is 0 Å². The Morgan fingerprint density at radius 1 is 1.56 bits per heavy atom. The molecule has 0 aromatic heterocycles. The summed E-state index contributed by atoms with van der Waals surface area (Å²) in [6.45, 7) is 6.78. The van der Waals surface area contributed by atoms with Crippen molar-refractivity contribution in [3.8, 4) is 0 Å². The number of likely N-dealkylation sites (N-methyl/N-ethyl adjacent to an activating group) is 1. The van der Waals surface area contributed by atoms with E-state index in [0.29, 0.717) is 0 Å². The van der Waals surface area contributed by atoms with E-state index in [9.17, 15) is 4.79 Å². The molecule has 2 heterocycles. The van der Waals surface area contributed by atoms with Crippen molar-refractivity contribution < 1.29 is 4.79 Å². The quantitative estimate of drug-likeness (QED) is 0.439. The summed E-state index contributed by atoms with van der Waals surface area (Å²) < 4.78 is 0. The zero-order valence-electron chi connectivity index (χ0n) is 10.1. The maximum atomic E-state index is 11.7. The van der Waals surface area contributed by atoms with Crippen LogP contribution in [-0.2, 0) is 4.79 Å². The molecule has 5 N–H and O–H groups in total. The Kier molecular flexibility index (Phi) is 2.70. The number of nitrogens with two attached hydrogens (primary N) is 1.